The molecule has 1 saturated carbocycles. The number of nitrogens with two attached hydrogens (primary N) is 1. The van der Waals surface area contributed by atoms with Gasteiger partial charge in [0.05, 0.1) is 5.92 Å². The highest BCUT2D eigenvalue weighted by Crippen LogP contribution is 2.19. The first-order valence-corrected chi connectivity index (χ1v) is 5.91. The van der Waals surface area contributed by atoms with Crippen LogP contribution in [-0.2, 0) is 4.79 Å². The van der Waals surface area contributed by atoms with Crippen LogP contribution in [0.25, 0.3) is 0 Å². The molecule has 2 rings (SSSR count). The third-order valence-electron chi connectivity index (χ3n) is 3.66. The summed E-state index contributed by atoms with van der Waals surface area (Å²) in [7, 11) is 2.06. The summed E-state index contributed by atoms with van der Waals surface area (Å²) in [5.74, 6) is 0.393. The maximum absolute atomic E-state index is 11.9. The van der Waals surface area contributed by atoms with Crippen molar-refractivity contribution in [1.29, 1.82) is 0 Å². The van der Waals surface area contributed by atoms with Gasteiger partial charge in [0.1, 0.15) is 0 Å². The average molecular weight is 211 g/mol. The molecule has 1 aliphatic heterocycles. The maximum atomic E-state index is 11.9. The minimum Gasteiger partial charge on any atom is -0.352 e. The van der Waals surface area contributed by atoms with Gasteiger partial charge in [0.2, 0.25) is 5.91 Å². The normalized spacial score (nSPS) is 37.1. The minimum atomic E-state index is 0.174. The Morgan fingerprint density at radius 3 is 2.73 bits per heavy atom. The van der Waals surface area contributed by atoms with E-state index in [0.29, 0.717) is 0 Å². The van der Waals surface area contributed by atoms with Gasteiger partial charge in [0, 0.05) is 18.6 Å². The summed E-state index contributed by atoms with van der Waals surface area (Å²) in [6.07, 6.45) is 4.24. The van der Waals surface area contributed by atoms with Crippen LogP contribution in [0.5, 0.6) is 0 Å². The summed E-state index contributed by atoms with van der Waals surface area (Å²) in [6, 6.07) is 0.400. The molecule has 2 aliphatic rings. The average Bonchev–Trinajstić information content (AvgIpc) is 2.77. The van der Waals surface area contributed by atoms with E-state index in [1.807, 2.05) is 0 Å². The number of nitrogens with zero attached hydrogens (tertiary/aromatic N) is 1. The highest BCUT2D eigenvalue weighted by atomic mass is 16.2. The molecule has 2 fully saturated rings. The van der Waals surface area contributed by atoms with Crippen molar-refractivity contribution in [2.45, 2.75) is 37.8 Å². The number of amides is 1. The third-order valence-corrected chi connectivity index (χ3v) is 3.66. The maximum Gasteiger partial charge on any atom is 0.224 e. The van der Waals surface area contributed by atoms with Gasteiger partial charge in [-0.05, 0) is 39.3 Å². The van der Waals surface area contributed by atoms with Gasteiger partial charge in [-0.25, -0.2) is 0 Å². The second-order valence-electron chi connectivity index (χ2n) is 4.96. The molecule has 0 aromatic rings. The fraction of sp³-hybridized carbons (Fsp3) is 0.909. The van der Waals surface area contributed by atoms with Crippen LogP contribution in [0.4, 0.5) is 0 Å². The van der Waals surface area contributed by atoms with Gasteiger partial charge < -0.3 is 16.0 Å². The molecule has 0 spiro atoms. The van der Waals surface area contributed by atoms with Gasteiger partial charge in [-0.1, -0.05) is 0 Å². The van der Waals surface area contributed by atoms with Crippen LogP contribution in [0.2, 0.25) is 0 Å². The van der Waals surface area contributed by atoms with Crippen LogP contribution in [0.1, 0.15) is 25.7 Å². The van der Waals surface area contributed by atoms with Crippen LogP contribution in [0, 0.1) is 5.92 Å². The van der Waals surface area contributed by atoms with E-state index in [0.717, 1.165) is 38.8 Å². The summed E-state index contributed by atoms with van der Waals surface area (Å²) in [4.78, 5) is 14.1. The van der Waals surface area contributed by atoms with Crippen LogP contribution in [0.15, 0.2) is 0 Å². The molecule has 1 amide bonds. The predicted octanol–water partition coefficient (Wildman–Crippen LogP) is -0.0659. The van der Waals surface area contributed by atoms with Crippen molar-refractivity contribution in [3.05, 3.63) is 0 Å². The molecule has 0 aromatic carbocycles. The standard InChI is InChI=1S/C11H21N3O/c1-14-6-5-8(7-14)11(15)13-10-4-2-3-9(10)12/h8-10H,2-7,12H2,1H3,(H,13,15). The predicted molar refractivity (Wildman–Crippen MR) is 59.4 cm³/mol. The van der Waals surface area contributed by atoms with Crippen molar-refractivity contribution in [1.82, 2.24) is 10.2 Å². The van der Waals surface area contributed by atoms with Crippen LogP contribution < -0.4 is 11.1 Å². The molecular formula is C11H21N3O. The molecule has 1 heterocycles. The number of nitrogens with one attached hydrogen (secondary N) is 1. The number of hydrogen-bond acceptors (Lipinski definition) is 3. The van der Waals surface area contributed by atoms with Gasteiger partial charge >= 0.3 is 0 Å². The third kappa shape index (κ3) is 2.49. The molecule has 1 saturated heterocycles. The molecule has 15 heavy (non-hydrogen) atoms. The molecule has 0 aromatic heterocycles. The van der Waals surface area contributed by atoms with Crippen molar-refractivity contribution in [2.24, 2.45) is 11.7 Å². The zero-order valence-corrected chi connectivity index (χ0v) is 9.41. The Labute approximate surface area is 91.2 Å². The Morgan fingerprint density at radius 1 is 1.40 bits per heavy atom. The van der Waals surface area contributed by atoms with Gasteiger partial charge in [-0.3, -0.25) is 4.79 Å². The quantitative estimate of drug-likeness (QED) is 0.672. The van der Waals surface area contributed by atoms with Gasteiger partial charge in [-0.15, -0.1) is 0 Å². The monoisotopic (exact) mass is 211 g/mol. The Morgan fingerprint density at radius 2 is 2.20 bits per heavy atom. The summed E-state index contributed by atoms with van der Waals surface area (Å²) in [6.45, 7) is 1.93. The molecule has 0 radical (unpaired) electrons. The Balaban J connectivity index is 1.81. The van der Waals surface area contributed by atoms with Crippen molar-refractivity contribution < 1.29 is 4.79 Å². The lowest BCUT2D eigenvalue weighted by Crippen LogP contribution is -2.46. The topological polar surface area (TPSA) is 58.4 Å². The summed E-state index contributed by atoms with van der Waals surface area (Å²) in [5.41, 5.74) is 5.93. The zero-order chi connectivity index (χ0) is 10.8. The second-order valence-corrected chi connectivity index (χ2v) is 4.96. The van der Waals surface area contributed by atoms with Gasteiger partial charge in [-0.2, -0.15) is 0 Å². The van der Waals surface area contributed by atoms with E-state index in [1.165, 1.54) is 0 Å². The zero-order valence-electron chi connectivity index (χ0n) is 9.41. The van der Waals surface area contributed by atoms with E-state index in [9.17, 15) is 4.79 Å². The molecule has 86 valence electrons. The first-order chi connectivity index (χ1) is 7.16. The van der Waals surface area contributed by atoms with E-state index >= 15 is 0 Å². The highest BCUT2D eigenvalue weighted by Gasteiger charge is 2.30. The Kier molecular flexibility index (Phi) is 3.26. The second kappa shape index (κ2) is 4.49. The Hall–Kier alpha value is -0.610. The lowest BCUT2D eigenvalue weighted by Gasteiger charge is -2.19. The van der Waals surface area contributed by atoms with Crippen LogP contribution in [0.3, 0.4) is 0 Å². The molecule has 3 unspecified atom stereocenters. The molecule has 1 aliphatic carbocycles. The molecule has 4 heteroatoms. The summed E-state index contributed by atoms with van der Waals surface area (Å²) >= 11 is 0. The van der Waals surface area contributed by atoms with Crippen molar-refractivity contribution in [2.75, 3.05) is 20.1 Å². The molecular weight excluding hydrogens is 190 g/mol. The minimum absolute atomic E-state index is 0.174. The number of carbonyl (C=O) groups is 1. The van der Waals surface area contributed by atoms with Crippen molar-refractivity contribution >= 4 is 5.91 Å². The first kappa shape index (κ1) is 10.9. The first-order valence-electron chi connectivity index (χ1n) is 5.91. The largest absolute Gasteiger partial charge is 0.352 e. The van der Waals surface area contributed by atoms with E-state index in [2.05, 4.69) is 17.3 Å². The van der Waals surface area contributed by atoms with E-state index < -0.39 is 0 Å². The molecule has 3 N–H and O–H groups in total. The van der Waals surface area contributed by atoms with Crippen molar-refractivity contribution in [3.8, 4) is 0 Å². The fourth-order valence-corrected chi connectivity index (χ4v) is 2.62. The van der Waals surface area contributed by atoms with Gasteiger partial charge in [0.15, 0.2) is 0 Å². The number of likely N-dealkylation sites (tertiary alicyclic amines) is 1. The smallest absolute Gasteiger partial charge is 0.224 e. The Bertz CT molecular complexity index is 244. The lowest BCUT2D eigenvalue weighted by molar-refractivity contribution is -0.125. The van der Waals surface area contributed by atoms with Gasteiger partial charge in [0.25, 0.3) is 0 Å². The lowest BCUT2D eigenvalue weighted by atomic mass is 10.1. The molecule has 3 atom stereocenters. The molecule has 4 nitrogen and oxygen atoms in total. The van der Waals surface area contributed by atoms with E-state index in [1.54, 1.807) is 0 Å². The van der Waals surface area contributed by atoms with E-state index in [-0.39, 0.29) is 23.9 Å². The number of hydrogen-bond donors (Lipinski definition) is 2. The van der Waals surface area contributed by atoms with Crippen LogP contribution in [-0.4, -0.2) is 43.0 Å². The molecule has 0 bridgehead atoms. The SMILES string of the molecule is CN1CCC(C(=O)NC2CCCC2N)C1. The number of carbonyl (C=O) groups excluding carboxylic acids is 1. The number of rotatable bonds is 2. The summed E-state index contributed by atoms with van der Waals surface area (Å²) < 4.78 is 0. The fourth-order valence-electron chi connectivity index (χ4n) is 2.62. The van der Waals surface area contributed by atoms with Crippen molar-refractivity contribution in [3.63, 3.8) is 0 Å². The summed E-state index contributed by atoms with van der Waals surface area (Å²) in [5, 5.41) is 3.10. The van der Waals surface area contributed by atoms with E-state index in [4.69, 9.17) is 5.73 Å². The highest BCUT2D eigenvalue weighted by molar-refractivity contribution is 5.79. The van der Waals surface area contributed by atoms with Crippen LogP contribution >= 0.6 is 0 Å².